The number of benzene rings is 1. The third-order valence-corrected chi connectivity index (χ3v) is 4.44. The van der Waals surface area contributed by atoms with Gasteiger partial charge in [-0.2, -0.15) is 0 Å². The fourth-order valence-corrected chi connectivity index (χ4v) is 3.01. The van der Waals surface area contributed by atoms with E-state index in [1.807, 2.05) is 6.07 Å². The maximum absolute atomic E-state index is 5.40. The quantitative estimate of drug-likeness (QED) is 0.887. The van der Waals surface area contributed by atoms with Gasteiger partial charge in [-0.25, -0.2) is 0 Å². The maximum atomic E-state index is 5.40. The zero-order chi connectivity index (χ0) is 14.7. The zero-order valence-electron chi connectivity index (χ0n) is 12.3. The fraction of sp³-hybridized carbons (Fsp3) is 0.467. The fourth-order valence-electron chi connectivity index (χ4n) is 2.22. The van der Waals surface area contributed by atoms with Crippen LogP contribution < -0.4 is 14.8 Å². The van der Waals surface area contributed by atoms with E-state index in [0.29, 0.717) is 12.8 Å². The van der Waals surface area contributed by atoms with Crippen molar-refractivity contribution in [2.24, 2.45) is 0 Å². The lowest BCUT2D eigenvalue weighted by Crippen LogP contribution is -2.15. The van der Waals surface area contributed by atoms with E-state index in [2.05, 4.69) is 41.5 Å². The van der Waals surface area contributed by atoms with Gasteiger partial charge in [-0.1, -0.05) is 24.3 Å². The van der Waals surface area contributed by atoms with Crippen LogP contribution in [0.1, 0.15) is 30.8 Å². The van der Waals surface area contributed by atoms with Crippen LogP contribution >= 0.6 is 11.3 Å². The number of nitrogens with zero attached hydrogens (tertiary/aromatic N) is 2. The SMILES string of the molecule is CCc1nnc(NC(C)CCc2ccc3c(c2)OCO3)s1. The molecule has 1 atom stereocenters. The Kier molecular flexibility index (Phi) is 4.24. The Morgan fingerprint density at radius 3 is 2.95 bits per heavy atom. The van der Waals surface area contributed by atoms with E-state index in [4.69, 9.17) is 9.47 Å². The van der Waals surface area contributed by atoms with Gasteiger partial charge in [0.05, 0.1) is 0 Å². The van der Waals surface area contributed by atoms with Crippen molar-refractivity contribution in [1.29, 1.82) is 0 Å². The van der Waals surface area contributed by atoms with Gasteiger partial charge in [0, 0.05) is 6.04 Å². The van der Waals surface area contributed by atoms with Gasteiger partial charge in [-0.3, -0.25) is 0 Å². The average molecular weight is 305 g/mol. The highest BCUT2D eigenvalue weighted by atomic mass is 32.1. The molecule has 21 heavy (non-hydrogen) atoms. The summed E-state index contributed by atoms with van der Waals surface area (Å²) in [7, 11) is 0. The molecular weight excluding hydrogens is 286 g/mol. The van der Waals surface area contributed by atoms with Crippen molar-refractivity contribution < 1.29 is 9.47 Å². The lowest BCUT2D eigenvalue weighted by atomic mass is 10.1. The number of hydrogen-bond donors (Lipinski definition) is 1. The van der Waals surface area contributed by atoms with Gasteiger partial charge >= 0.3 is 0 Å². The first-order valence-corrected chi connectivity index (χ1v) is 8.03. The molecule has 0 amide bonds. The van der Waals surface area contributed by atoms with Gasteiger partial charge in [-0.15, -0.1) is 10.2 Å². The van der Waals surface area contributed by atoms with Crippen molar-refractivity contribution in [3.8, 4) is 11.5 Å². The summed E-state index contributed by atoms with van der Waals surface area (Å²) in [4.78, 5) is 0. The maximum Gasteiger partial charge on any atom is 0.231 e. The second-order valence-electron chi connectivity index (χ2n) is 5.13. The van der Waals surface area contributed by atoms with Crippen LogP contribution in [0.2, 0.25) is 0 Å². The smallest absolute Gasteiger partial charge is 0.231 e. The highest BCUT2D eigenvalue weighted by molar-refractivity contribution is 7.15. The van der Waals surface area contributed by atoms with E-state index in [0.717, 1.165) is 40.9 Å². The number of fused-ring (bicyclic) bond motifs is 1. The lowest BCUT2D eigenvalue weighted by Gasteiger charge is -2.12. The zero-order valence-corrected chi connectivity index (χ0v) is 13.1. The first-order chi connectivity index (χ1) is 10.2. The first kappa shape index (κ1) is 14.1. The minimum atomic E-state index is 0.327. The lowest BCUT2D eigenvalue weighted by molar-refractivity contribution is 0.174. The van der Waals surface area contributed by atoms with Crippen LogP contribution in [0.5, 0.6) is 11.5 Å². The topological polar surface area (TPSA) is 56.3 Å². The molecule has 2 aromatic rings. The summed E-state index contributed by atoms with van der Waals surface area (Å²) < 4.78 is 10.7. The Morgan fingerprint density at radius 1 is 1.29 bits per heavy atom. The Labute approximate surface area is 128 Å². The molecule has 0 bridgehead atoms. The predicted molar refractivity (Wildman–Crippen MR) is 83.3 cm³/mol. The van der Waals surface area contributed by atoms with E-state index in [9.17, 15) is 0 Å². The van der Waals surface area contributed by atoms with E-state index >= 15 is 0 Å². The molecule has 2 heterocycles. The van der Waals surface area contributed by atoms with Crippen LogP contribution in [0.25, 0.3) is 0 Å². The van der Waals surface area contributed by atoms with Crippen molar-refractivity contribution in [2.75, 3.05) is 12.1 Å². The summed E-state index contributed by atoms with van der Waals surface area (Å²) >= 11 is 1.63. The molecule has 1 aromatic carbocycles. The second-order valence-corrected chi connectivity index (χ2v) is 6.19. The van der Waals surface area contributed by atoms with Crippen molar-refractivity contribution in [3.63, 3.8) is 0 Å². The van der Waals surface area contributed by atoms with E-state index in [-0.39, 0.29) is 0 Å². The normalized spacial score (nSPS) is 14.2. The highest BCUT2D eigenvalue weighted by Gasteiger charge is 2.13. The van der Waals surface area contributed by atoms with E-state index in [1.165, 1.54) is 5.56 Å². The van der Waals surface area contributed by atoms with Crippen LogP contribution in [-0.2, 0) is 12.8 Å². The highest BCUT2D eigenvalue weighted by Crippen LogP contribution is 2.32. The summed E-state index contributed by atoms with van der Waals surface area (Å²) in [6.07, 6.45) is 2.95. The Morgan fingerprint density at radius 2 is 2.14 bits per heavy atom. The summed E-state index contributed by atoms with van der Waals surface area (Å²) in [5.41, 5.74) is 1.26. The Bertz CT molecular complexity index is 615. The van der Waals surface area contributed by atoms with Gasteiger partial charge in [0.15, 0.2) is 11.5 Å². The molecule has 0 saturated heterocycles. The molecule has 1 aromatic heterocycles. The number of aryl methyl sites for hydroxylation is 2. The number of hydrogen-bond acceptors (Lipinski definition) is 6. The third kappa shape index (κ3) is 3.44. The van der Waals surface area contributed by atoms with Crippen molar-refractivity contribution in [1.82, 2.24) is 10.2 Å². The first-order valence-electron chi connectivity index (χ1n) is 7.22. The van der Waals surface area contributed by atoms with Crippen LogP contribution in [0.3, 0.4) is 0 Å². The number of anilines is 1. The van der Waals surface area contributed by atoms with Crippen molar-refractivity contribution in [2.45, 2.75) is 39.2 Å². The standard InChI is InChI=1S/C15H19N3O2S/c1-3-14-17-18-15(21-14)16-10(2)4-5-11-6-7-12-13(8-11)20-9-19-12/h6-8,10H,3-5,9H2,1-2H3,(H,16,18). The summed E-state index contributed by atoms with van der Waals surface area (Å²) in [5, 5.41) is 13.7. The summed E-state index contributed by atoms with van der Waals surface area (Å²) in [6, 6.07) is 6.50. The number of ether oxygens (including phenoxy) is 2. The minimum absolute atomic E-state index is 0.327. The largest absolute Gasteiger partial charge is 0.454 e. The average Bonchev–Trinajstić information content (AvgIpc) is 3.13. The van der Waals surface area contributed by atoms with E-state index in [1.54, 1.807) is 11.3 Å². The van der Waals surface area contributed by atoms with Crippen molar-refractivity contribution in [3.05, 3.63) is 28.8 Å². The Hall–Kier alpha value is -1.82. The molecule has 1 N–H and O–H groups in total. The van der Waals surface area contributed by atoms with E-state index < -0.39 is 0 Å². The molecule has 3 rings (SSSR count). The molecule has 0 saturated carbocycles. The van der Waals surface area contributed by atoms with Crippen LogP contribution in [0.4, 0.5) is 5.13 Å². The molecule has 5 nitrogen and oxygen atoms in total. The molecule has 6 heteroatoms. The molecule has 0 fully saturated rings. The summed E-state index contributed by atoms with van der Waals surface area (Å²) in [6.45, 7) is 4.58. The molecular formula is C15H19N3O2S. The molecule has 0 spiro atoms. The van der Waals surface area contributed by atoms with Gasteiger partial charge in [0.25, 0.3) is 0 Å². The molecule has 1 aliphatic heterocycles. The molecule has 1 unspecified atom stereocenters. The molecule has 1 aliphatic rings. The van der Waals surface area contributed by atoms with Gasteiger partial charge in [0.2, 0.25) is 11.9 Å². The number of aromatic nitrogens is 2. The second kappa shape index (κ2) is 6.30. The van der Waals surface area contributed by atoms with Crippen LogP contribution in [0, 0.1) is 0 Å². The minimum Gasteiger partial charge on any atom is -0.454 e. The molecule has 0 aliphatic carbocycles. The van der Waals surface area contributed by atoms with Gasteiger partial charge < -0.3 is 14.8 Å². The van der Waals surface area contributed by atoms with Gasteiger partial charge in [0.1, 0.15) is 5.01 Å². The molecule has 0 radical (unpaired) electrons. The number of nitrogens with one attached hydrogen (secondary N) is 1. The van der Waals surface area contributed by atoms with Crippen LogP contribution in [0.15, 0.2) is 18.2 Å². The van der Waals surface area contributed by atoms with Crippen molar-refractivity contribution >= 4 is 16.5 Å². The van der Waals surface area contributed by atoms with Gasteiger partial charge in [-0.05, 0) is 43.9 Å². The Balaban J connectivity index is 1.52. The predicted octanol–water partition coefficient (Wildman–Crippen LogP) is 3.26. The monoisotopic (exact) mass is 305 g/mol. The molecule has 112 valence electrons. The summed E-state index contributed by atoms with van der Waals surface area (Å²) in [5.74, 6) is 1.69. The van der Waals surface area contributed by atoms with Crippen LogP contribution in [-0.4, -0.2) is 23.0 Å². The number of rotatable bonds is 6. The third-order valence-electron chi connectivity index (χ3n) is 3.44.